The minimum Gasteiger partial charge on any atom is -0.481 e. The van der Waals surface area contributed by atoms with E-state index < -0.39 is 29.9 Å². The molecule has 0 bridgehead atoms. The molecule has 0 radical (unpaired) electrons. The molecule has 0 aliphatic carbocycles. The monoisotopic (exact) mass is 270 g/mol. The van der Waals surface area contributed by atoms with E-state index in [-0.39, 0.29) is 6.54 Å². The molecular weight excluding hydrogens is 252 g/mol. The summed E-state index contributed by atoms with van der Waals surface area (Å²) < 4.78 is 1.52. The second kappa shape index (κ2) is 5.81. The maximum absolute atomic E-state index is 11.8. The van der Waals surface area contributed by atoms with Crippen LogP contribution < -0.4 is 11.1 Å². The molecule has 0 saturated carbocycles. The van der Waals surface area contributed by atoms with Gasteiger partial charge in [0.05, 0.1) is 18.2 Å². The number of hydrogen-bond donors (Lipinski definition) is 4. The number of aryl methyl sites for hydroxylation is 1. The van der Waals surface area contributed by atoms with Crippen molar-refractivity contribution in [1.82, 2.24) is 15.1 Å². The number of aromatic nitrogens is 2. The Balaban J connectivity index is 2.53. The van der Waals surface area contributed by atoms with E-state index in [4.69, 9.17) is 10.8 Å². The first-order chi connectivity index (χ1) is 8.71. The number of hydrogen-bond acceptors (Lipinski definition) is 5. The van der Waals surface area contributed by atoms with Crippen molar-refractivity contribution in [3.05, 3.63) is 18.0 Å². The predicted octanol–water partition coefficient (Wildman–Crippen LogP) is -1.24. The lowest BCUT2D eigenvalue weighted by Gasteiger charge is -2.22. The maximum atomic E-state index is 11.8. The fourth-order valence-corrected chi connectivity index (χ4v) is 1.53. The van der Waals surface area contributed by atoms with Crippen LogP contribution >= 0.6 is 0 Å². The number of nitrogens with zero attached hydrogens (tertiary/aromatic N) is 2. The molecule has 0 aliphatic heterocycles. The number of aliphatic hydroxyl groups is 1. The van der Waals surface area contributed by atoms with E-state index in [1.165, 1.54) is 17.8 Å². The molecule has 8 heteroatoms. The molecular formula is C11H18N4O4. The first kappa shape index (κ1) is 15.1. The second-order valence-corrected chi connectivity index (χ2v) is 4.71. The third kappa shape index (κ3) is 4.68. The molecule has 2 unspecified atom stereocenters. The minimum absolute atomic E-state index is 0.188. The van der Waals surface area contributed by atoms with Gasteiger partial charge in [-0.05, 0) is 6.92 Å². The standard InChI is InChI=1S/C11H18N4O4/c1-11(19,3-8(16)17)6-13-10(18)9(12)7-4-14-15(2)5-7/h4-5,9,19H,3,6,12H2,1-2H3,(H,13,18)(H,16,17). The summed E-state index contributed by atoms with van der Waals surface area (Å²) in [6.07, 6.45) is 2.62. The van der Waals surface area contributed by atoms with Crippen LogP contribution in [0.25, 0.3) is 0 Å². The highest BCUT2D eigenvalue weighted by Crippen LogP contribution is 2.11. The molecule has 1 aromatic rings. The smallest absolute Gasteiger partial charge is 0.306 e. The Morgan fingerprint density at radius 2 is 2.26 bits per heavy atom. The normalized spacial score (nSPS) is 15.6. The fraction of sp³-hybridized carbons (Fsp3) is 0.545. The first-order valence-corrected chi connectivity index (χ1v) is 5.67. The van der Waals surface area contributed by atoms with Gasteiger partial charge in [-0.1, -0.05) is 0 Å². The molecule has 1 aromatic heterocycles. The Morgan fingerprint density at radius 3 is 2.74 bits per heavy atom. The molecule has 5 N–H and O–H groups in total. The van der Waals surface area contributed by atoms with E-state index in [1.54, 1.807) is 13.2 Å². The molecule has 0 fully saturated rings. The lowest BCUT2D eigenvalue weighted by Crippen LogP contribution is -2.44. The highest BCUT2D eigenvalue weighted by atomic mass is 16.4. The average Bonchev–Trinajstić information content (AvgIpc) is 2.70. The van der Waals surface area contributed by atoms with Crippen molar-refractivity contribution in [2.45, 2.75) is 25.0 Å². The number of rotatable bonds is 6. The SMILES string of the molecule is Cn1cc(C(N)C(=O)NCC(C)(O)CC(=O)O)cn1. The van der Waals surface area contributed by atoms with E-state index >= 15 is 0 Å². The van der Waals surface area contributed by atoms with Crippen LogP contribution in [0.15, 0.2) is 12.4 Å². The number of nitrogens with one attached hydrogen (secondary N) is 1. The van der Waals surface area contributed by atoms with Crippen molar-refractivity contribution in [2.24, 2.45) is 12.8 Å². The van der Waals surface area contributed by atoms with Crippen molar-refractivity contribution < 1.29 is 19.8 Å². The molecule has 1 heterocycles. The Hall–Kier alpha value is -1.93. The third-order valence-corrected chi connectivity index (χ3v) is 2.54. The lowest BCUT2D eigenvalue weighted by atomic mass is 10.0. The van der Waals surface area contributed by atoms with Crippen molar-refractivity contribution in [2.75, 3.05) is 6.54 Å². The number of carbonyl (C=O) groups is 2. The number of aliphatic carboxylic acids is 1. The van der Waals surface area contributed by atoms with Crippen LogP contribution in [0.1, 0.15) is 24.9 Å². The van der Waals surface area contributed by atoms with Crippen molar-refractivity contribution in [1.29, 1.82) is 0 Å². The van der Waals surface area contributed by atoms with Gasteiger partial charge in [0.25, 0.3) is 0 Å². The number of carbonyl (C=O) groups excluding carboxylic acids is 1. The Labute approximate surface area is 110 Å². The van der Waals surface area contributed by atoms with Crippen LogP contribution in [0.4, 0.5) is 0 Å². The van der Waals surface area contributed by atoms with Crippen LogP contribution in [0.3, 0.4) is 0 Å². The van der Waals surface area contributed by atoms with Gasteiger partial charge in [-0.25, -0.2) is 0 Å². The summed E-state index contributed by atoms with van der Waals surface area (Å²) >= 11 is 0. The van der Waals surface area contributed by atoms with Gasteiger partial charge in [0.2, 0.25) is 5.91 Å². The Morgan fingerprint density at radius 1 is 1.63 bits per heavy atom. The number of carboxylic acid groups (broad SMARTS) is 1. The van der Waals surface area contributed by atoms with Crippen LogP contribution in [-0.2, 0) is 16.6 Å². The maximum Gasteiger partial charge on any atom is 0.306 e. The van der Waals surface area contributed by atoms with Gasteiger partial charge in [0.15, 0.2) is 0 Å². The van der Waals surface area contributed by atoms with Crippen molar-refractivity contribution in [3.8, 4) is 0 Å². The lowest BCUT2D eigenvalue weighted by molar-refractivity contribution is -0.142. The predicted molar refractivity (Wildman–Crippen MR) is 66.0 cm³/mol. The van der Waals surface area contributed by atoms with Crippen LogP contribution in [0.2, 0.25) is 0 Å². The van der Waals surface area contributed by atoms with Gasteiger partial charge in [0, 0.05) is 25.4 Å². The van der Waals surface area contributed by atoms with Gasteiger partial charge in [0.1, 0.15) is 6.04 Å². The molecule has 0 spiro atoms. The van der Waals surface area contributed by atoms with E-state index in [9.17, 15) is 14.7 Å². The summed E-state index contributed by atoms with van der Waals surface area (Å²) in [6, 6.07) is -0.908. The molecule has 0 saturated heterocycles. The molecule has 0 aromatic carbocycles. The molecule has 8 nitrogen and oxygen atoms in total. The van der Waals surface area contributed by atoms with Crippen LogP contribution in [-0.4, -0.2) is 44.0 Å². The Bertz CT molecular complexity index is 469. The van der Waals surface area contributed by atoms with Crippen molar-refractivity contribution in [3.63, 3.8) is 0 Å². The highest BCUT2D eigenvalue weighted by Gasteiger charge is 2.26. The van der Waals surface area contributed by atoms with Crippen molar-refractivity contribution >= 4 is 11.9 Å². The second-order valence-electron chi connectivity index (χ2n) is 4.71. The van der Waals surface area contributed by atoms with Crippen LogP contribution in [0.5, 0.6) is 0 Å². The zero-order chi connectivity index (χ0) is 14.6. The van der Waals surface area contributed by atoms with E-state index in [0.29, 0.717) is 5.56 Å². The molecule has 2 atom stereocenters. The number of nitrogens with two attached hydrogens (primary N) is 1. The van der Waals surface area contributed by atoms with E-state index in [0.717, 1.165) is 0 Å². The first-order valence-electron chi connectivity index (χ1n) is 5.67. The summed E-state index contributed by atoms with van der Waals surface area (Å²) in [5.41, 5.74) is 4.74. The summed E-state index contributed by atoms with van der Waals surface area (Å²) in [5, 5.41) is 24.7. The van der Waals surface area contributed by atoms with Gasteiger partial charge in [-0.2, -0.15) is 5.10 Å². The zero-order valence-corrected chi connectivity index (χ0v) is 10.8. The van der Waals surface area contributed by atoms with Gasteiger partial charge in [-0.3, -0.25) is 14.3 Å². The number of amides is 1. The minimum atomic E-state index is -1.52. The molecule has 19 heavy (non-hydrogen) atoms. The molecule has 106 valence electrons. The summed E-state index contributed by atoms with van der Waals surface area (Å²) in [4.78, 5) is 22.3. The molecule has 0 aliphatic rings. The fourth-order valence-electron chi connectivity index (χ4n) is 1.53. The van der Waals surface area contributed by atoms with Crippen LogP contribution in [0, 0.1) is 0 Å². The van der Waals surface area contributed by atoms with E-state index in [2.05, 4.69) is 10.4 Å². The third-order valence-electron chi connectivity index (χ3n) is 2.54. The Kier molecular flexibility index (Phi) is 4.62. The summed E-state index contributed by atoms with van der Waals surface area (Å²) in [7, 11) is 1.70. The molecule has 1 amide bonds. The molecule has 1 rings (SSSR count). The summed E-state index contributed by atoms with van der Waals surface area (Å²) in [6.45, 7) is 1.14. The topological polar surface area (TPSA) is 130 Å². The quantitative estimate of drug-likeness (QED) is 0.511. The number of carboxylic acids is 1. The zero-order valence-electron chi connectivity index (χ0n) is 10.8. The largest absolute Gasteiger partial charge is 0.481 e. The van der Waals surface area contributed by atoms with Gasteiger partial charge < -0.3 is 21.3 Å². The van der Waals surface area contributed by atoms with E-state index in [1.807, 2.05) is 0 Å². The van der Waals surface area contributed by atoms with Gasteiger partial charge in [-0.15, -0.1) is 0 Å². The average molecular weight is 270 g/mol. The highest BCUT2D eigenvalue weighted by molar-refractivity contribution is 5.82. The summed E-state index contributed by atoms with van der Waals surface area (Å²) in [5.74, 6) is -1.64. The van der Waals surface area contributed by atoms with Gasteiger partial charge >= 0.3 is 5.97 Å².